The molecule has 65 heavy (non-hydrogen) atoms. The number of imide groups is 1. The number of amides is 4. The van der Waals surface area contributed by atoms with Gasteiger partial charge in [-0.1, -0.05) is 56.7 Å². The molecule has 4 amide bonds. The molecule has 6 heterocycles. The molecule has 16 nitrogen and oxygen atoms in total. The number of unbranched alkanes of at least 4 members (excludes halogenated alkanes) is 3. The van der Waals surface area contributed by atoms with Gasteiger partial charge in [-0.25, -0.2) is 9.50 Å². The number of nitrogens with zero attached hydrogens (tertiary/aromatic N) is 7. The molecular weight excluding hydrogens is 825 g/mol. The minimum atomic E-state index is -0.854. The summed E-state index contributed by atoms with van der Waals surface area (Å²) in [6.45, 7) is 11.2. The van der Waals surface area contributed by atoms with Gasteiger partial charge >= 0.3 is 0 Å². The van der Waals surface area contributed by atoms with Crippen molar-refractivity contribution >= 4 is 46.3 Å². The molecule has 8 rings (SSSR count). The summed E-state index contributed by atoms with van der Waals surface area (Å²) in [5.41, 5.74) is 13.2. The first-order valence-corrected chi connectivity index (χ1v) is 23.2. The van der Waals surface area contributed by atoms with Crippen molar-refractivity contribution in [2.24, 2.45) is 5.92 Å². The summed E-state index contributed by atoms with van der Waals surface area (Å²) in [5.74, 6) is 6.42. The van der Waals surface area contributed by atoms with Crippen LogP contribution in [0.15, 0.2) is 48.8 Å². The number of piperazine rings is 1. The lowest BCUT2D eigenvalue weighted by Gasteiger charge is -2.36. The van der Waals surface area contributed by atoms with Crippen molar-refractivity contribution in [1.29, 1.82) is 0 Å². The number of fused-ring (bicyclic) bond motifs is 2. The van der Waals surface area contributed by atoms with Crippen molar-refractivity contribution < 1.29 is 29.0 Å². The molecule has 4 aromatic rings. The number of aliphatic hydroxyl groups is 1. The molecule has 3 saturated heterocycles. The third-order valence-corrected chi connectivity index (χ3v) is 13.4. The molecule has 2 unspecified atom stereocenters. The highest BCUT2D eigenvalue weighted by molar-refractivity contribution is 6.13. The molecule has 16 heteroatoms. The number of nitrogens with one attached hydrogen (secondary N) is 2. The van der Waals surface area contributed by atoms with Crippen molar-refractivity contribution in [3.8, 4) is 11.8 Å². The van der Waals surface area contributed by atoms with E-state index in [1.165, 1.54) is 6.33 Å². The van der Waals surface area contributed by atoms with Gasteiger partial charge in [0.1, 0.15) is 18.1 Å². The smallest absolute Gasteiger partial charge is 0.259 e. The number of methoxy groups -OCH3 is 1. The van der Waals surface area contributed by atoms with E-state index in [9.17, 15) is 24.3 Å². The Labute approximate surface area is 380 Å². The highest BCUT2D eigenvalue weighted by atomic mass is 16.5. The average molecular weight is 887 g/mol. The minimum Gasteiger partial charge on any atom is -0.382 e. The molecule has 4 aliphatic rings. The molecule has 3 fully saturated rings. The number of hydrogen-bond acceptors (Lipinski definition) is 12. The van der Waals surface area contributed by atoms with Gasteiger partial charge in [0.25, 0.3) is 5.91 Å². The van der Waals surface area contributed by atoms with E-state index >= 15 is 0 Å². The molecule has 2 aromatic carbocycles. The maximum Gasteiger partial charge on any atom is 0.259 e. The lowest BCUT2D eigenvalue weighted by molar-refractivity contribution is -0.141. The van der Waals surface area contributed by atoms with E-state index in [1.54, 1.807) is 16.5 Å². The molecule has 0 radical (unpaired) electrons. The van der Waals surface area contributed by atoms with Crippen LogP contribution in [0.5, 0.6) is 0 Å². The van der Waals surface area contributed by atoms with Gasteiger partial charge in [0.15, 0.2) is 5.82 Å². The first-order chi connectivity index (χ1) is 31.5. The largest absolute Gasteiger partial charge is 0.382 e. The monoisotopic (exact) mass is 886 g/mol. The van der Waals surface area contributed by atoms with Gasteiger partial charge < -0.3 is 30.7 Å². The van der Waals surface area contributed by atoms with E-state index in [2.05, 4.69) is 54.5 Å². The number of nitrogens with two attached hydrogens (primary N) is 1. The molecular formula is C49H62N10O6. The maximum atomic E-state index is 14.0. The highest BCUT2D eigenvalue weighted by Crippen LogP contribution is 2.37. The van der Waals surface area contributed by atoms with Crippen LogP contribution >= 0.6 is 0 Å². The van der Waals surface area contributed by atoms with Crippen LogP contribution in [0.4, 0.5) is 17.2 Å². The van der Waals surface area contributed by atoms with Crippen LogP contribution in [0.1, 0.15) is 122 Å². The van der Waals surface area contributed by atoms with Crippen LogP contribution < -0.4 is 21.3 Å². The van der Waals surface area contributed by atoms with Crippen LogP contribution in [0, 0.1) is 17.8 Å². The number of piperidine rings is 2. The Kier molecular flexibility index (Phi) is 14.4. The Morgan fingerprint density at radius 3 is 2.46 bits per heavy atom. The fraction of sp³-hybridized carbons (Fsp3) is 0.510. The van der Waals surface area contributed by atoms with Crippen molar-refractivity contribution in [2.45, 2.75) is 103 Å². The SMILES string of the molecule is COCc1ccc(NC(=O)c2c(C#CC3CCN(C(=O)CCCCCCN4CCN(c5ccc6c(c5)CN(C5CCC(=O)NC5=O)C6O)CC4)CC3)c(C(C)C)n3ncnc(N)c23)cc1. The third kappa shape index (κ3) is 10.3. The van der Waals surface area contributed by atoms with Gasteiger partial charge in [0, 0.05) is 88.6 Å². The summed E-state index contributed by atoms with van der Waals surface area (Å²) < 4.78 is 6.92. The van der Waals surface area contributed by atoms with E-state index < -0.39 is 12.3 Å². The number of aliphatic hydroxyl groups excluding tert-OH is 1. The van der Waals surface area contributed by atoms with E-state index in [-0.39, 0.29) is 47.7 Å². The molecule has 4 aliphatic heterocycles. The molecule has 0 aliphatic carbocycles. The predicted octanol–water partition coefficient (Wildman–Crippen LogP) is 4.81. The van der Waals surface area contributed by atoms with Crippen LogP contribution in [0.25, 0.3) is 5.52 Å². The molecule has 0 saturated carbocycles. The molecule has 344 valence electrons. The number of nitrogen functional groups attached to an aromatic ring is 1. The molecule has 0 bridgehead atoms. The van der Waals surface area contributed by atoms with Crippen molar-refractivity contribution in [3.05, 3.63) is 82.3 Å². The first-order valence-electron chi connectivity index (χ1n) is 23.2. The lowest BCUT2D eigenvalue weighted by Crippen LogP contribution is -2.51. The zero-order valence-electron chi connectivity index (χ0n) is 37.9. The normalized spacial score (nSPS) is 19.6. The summed E-state index contributed by atoms with van der Waals surface area (Å²) in [6.07, 6.45) is 7.45. The van der Waals surface area contributed by atoms with E-state index in [0.717, 1.165) is 99.3 Å². The predicted molar refractivity (Wildman–Crippen MR) is 248 cm³/mol. The molecule has 2 aromatic heterocycles. The Bertz CT molecular complexity index is 2440. The van der Waals surface area contributed by atoms with Crippen molar-refractivity contribution in [1.82, 2.24) is 34.6 Å². The number of aromatic nitrogens is 3. The quantitative estimate of drug-likeness (QED) is 0.0770. The van der Waals surface area contributed by atoms with E-state index in [4.69, 9.17) is 10.5 Å². The van der Waals surface area contributed by atoms with Crippen molar-refractivity contribution in [3.63, 3.8) is 0 Å². The number of hydrogen-bond donors (Lipinski definition) is 4. The zero-order valence-corrected chi connectivity index (χ0v) is 37.9. The second kappa shape index (κ2) is 20.5. The Hall–Kier alpha value is -5.86. The van der Waals surface area contributed by atoms with Gasteiger partial charge in [-0.15, -0.1) is 0 Å². The first kappa shape index (κ1) is 45.7. The Balaban J connectivity index is 0.763. The lowest BCUT2D eigenvalue weighted by atomic mass is 9.95. The topological polar surface area (TPSA) is 191 Å². The number of anilines is 3. The third-order valence-electron chi connectivity index (χ3n) is 13.4. The molecule has 0 spiro atoms. The summed E-state index contributed by atoms with van der Waals surface area (Å²) >= 11 is 0. The Morgan fingerprint density at radius 2 is 1.74 bits per heavy atom. The molecule has 2 atom stereocenters. The van der Waals surface area contributed by atoms with Gasteiger partial charge in [-0.05, 0) is 80.0 Å². The second-order valence-electron chi connectivity index (χ2n) is 18.1. The number of carbonyl (C=O) groups excluding carboxylic acids is 4. The fourth-order valence-corrected chi connectivity index (χ4v) is 9.78. The standard InChI is InChI=1S/C49H62N10O6/c1-32(2)44-39(43(45-46(50)51-31-52-59(44)45)48(63)53-36-12-9-34(10-13-36)30-65-3)15-11-33-19-22-57(23-20-33)42(61)8-6-4-5-7-21-55-24-26-56(27-25-55)37-14-16-38-35(28-37)29-58(49(38)64)40-17-18-41(60)54-47(40)62/h9-10,12-14,16,28,31-33,40,49,64H,4-8,17-27,29-30H2,1-3H3,(H,53,63)(H2,50,51,52)(H,54,60,62). The summed E-state index contributed by atoms with van der Waals surface area (Å²) in [6, 6.07) is 13.2. The zero-order chi connectivity index (χ0) is 45.6. The van der Waals surface area contributed by atoms with Crippen LogP contribution in [-0.2, 0) is 32.3 Å². The number of benzene rings is 2. The average Bonchev–Trinajstić information content (AvgIpc) is 3.82. The van der Waals surface area contributed by atoms with E-state index in [0.29, 0.717) is 61.4 Å². The van der Waals surface area contributed by atoms with Crippen LogP contribution in [0.3, 0.4) is 0 Å². The number of ether oxygens (including phenoxy) is 1. The van der Waals surface area contributed by atoms with Gasteiger partial charge in [-0.3, -0.25) is 34.3 Å². The van der Waals surface area contributed by atoms with E-state index in [1.807, 2.05) is 49.1 Å². The number of likely N-dealkylation sites (tertiary alicyclic amines) is 1. The molecule has 5 N–H and O–H groups in total. The van der Waals surface area contributed by atoms with Crippen molar-refractivity contribution in [2.75, 3.05) is 68.9 Å². The number of rotatable bonds is 14. The van der Waals surface area contributed by atoms with Crippen LogP contribution in [-0.4, -0.2) is 117 Å². The fourth-order valence-electron chi connectivity index (χ4n) is 9.78. The maximum absolute atomic E-state index is 14.0. The summed E-state index contributed by atoms with van der Waals surface area (Å²) in [7, 11) is 1.64. The van der Waals surface area contributed by atoms with Gasteiger partial charge in [0.2, 0.25) is 17.7 Å². The summed E-state index contributed by atoms with van der Waals surface area (Å²) in [5, 5.41) is 20.9. The van der Waals surface area contributed by atoms with Gasteiger partial charge in [-0.2, -0.15) is 5.10 Å². The number of carbonyl (C=O) groups is 4. The second-order valence-corrected chi connectivity index (χ2v) is 18.1. The van der Waals surface area contributed by atoms with Crippen LogP contribution in [0.2, 0.25) is 0 Å². The van der Waals surface area contributed by atoms with Gasteiger partial charge in [0.05, 0.1) is 29.5 Å². The highest BCUT2D eigenvalue weighted by Gasteiger charge is 2.40. The minimum absolute atomic E-state index is 0.00382. The summed E-state index contributed by atoms with van der Waals surface area (Å²) in [4.78, 5) is 64.2. The Morgan fingerprint density at radius 1 is 0.985 bits per heavy atom.